The molecule has 0 radical (unpaired) electrons. The highest BCUT2D eigenvalue weighted by atomic mass is 32.2. The molecule has 0 spiro atoms. The van der Waals surface area contributed by atoms with Gasteiger partial charge in [0, 0.05) is 34.9 Å². The predicted octanol–water partition coefficient (Wildman–Crippen LogP) is 4.69. The molecule has 0 aliphatic rings. The van der Waals surface area contributed by atoms with E-state index in [4.69, 9.17) is 0 Å². The lowest BCUT2D eigenvalue weighted by atomic mass is 10.3. The molecule has 1 heterocycles. The van der Waals surface area contributed by atoms with Crippen LogP contribution in [-0.2, 0) is 6.54 Å². The summed E-state index contributed by atoms with van der Waals surface area (Å²) in [5, 5.41) is 7.23. The van der Waals surface area contributed by atoms with E-state index in [0.717, 1.165) is 5.56 Å². The Kier molecular flexibility index (Phi) is 4.82. The Morgan fingerprint density at radius 3 is 2.62 bits per heavy atom. The summed E-state index contributed by atoms with van der Waals surface area (Å²) in [6.45, 7) is 4.46. The molecular formula is C14H16F3N3S. The Morgan fingerprint density at radius 2 is 2.00 bits per heavy atom. The Morgan fingerprint density at radius 1 is 1.29 bits per heavy atom. The van der Waals surface area contributed by atoms with E-state index in [-0.39, 0.29) is 22.7 Å². The summed E-state index contributed by atoms with van der Waals surface area (Å²) in [5.74, 6) is 0. The van der Waals surface area contributed by atoms with Gasteiger partial charge in [0.2, 0.25) is 0 Å². The van der Waals surface area contributed by atoms with Crippen molar-refractivity contribution in [3.8, 4) is 0 Å². The highest BCUT2D eigenvalue weighted by Gasteiger charge is 2.30. The number of nitrogens with one attached hydrogen (secondary N) is 1. The van der Waals surface area contributed by atoms with Crippen LogP contribution in [0.25, 0.3) is 0 Å². The first-order valence-corrected chi connectivity index (χ1v) is 7.28. The van der Waals surface area contributed by atoms with Crippen molar-refractivity contribution in [1.29, 1.82) is 0 Å². The zero-order valence-electron chi connectivity index (χ0n) is 11.7. The van der Waals surface area contributed by atoms with Crippen LogP contribution in [0.4, 0.5) is 18.9 Å². The topological polar surface area (TPSA) is 29.9 Å². The number of halogens is 3. The van der Waals surface area contributed by atoms with Crippen LogP contribution in [0, 0.1) is 0 Å². The molecule has 1 N–H and O–H groups in total. The van der Waals surface area contributed by atoms with E-state index in [1.54, 1.807) is 24.4 Å². The third-order valence-corrected chi connectivity index (χ3v) is 3.59. The standard InChI is InChI=1S/C14H16F3N3S/c1-10(2)20-9-11(8-19-20)7-18-12-5-3-4-6-13(12)21-14(15,16)17/h3-6,8-10,18H,7H2,1-2H3. The number of anilines is 1. The van der Waals surface area contributed by atoms with Crippen LogP contribution in [0.2, 0.25) is 0 Å². The van der Waals surface area contributed by atoms with E-state index in [2.05, 4.69) is 10.4 Å². The third-order valence-electron chi connectivity index (χ3n) is 2.78. The van der Waals surface area contributed by atoms with Gasteiger partial charge in [-0.15, -0.1) is 0 Å². The number of hydrogen-bond acceptors (Lipinski definition) is 3. The molecule has 0 amide bonds. The van der Waals surface area contributed by atoms with Gasteiger partial charge in [-0.05, 0) is 37.7 Å². The normalized spacial score (nSPS) is 11.9. The monoisotopic (exact) mass is 315 g/mol. The summed E-state index contributed by atoms with van der Waals surface area (Å²) >= 11 is -0.111. The summed E-state index contributed by atoms with van der Waals surface area (Å²) in [6.07, 6.45) is 3.60. The molecule has 2 rings (SSSR count). The van der Waals surface area contributed by atoms with Crippen molar-refractivity contribution in [3.05, 3.63) is 42.2 Å². The van der Waals surface area contributed by atoms with E-state index in [9.17, 15) is 13.2 Å². The number of nitrogens with zero attached hydrogens (tertiary/aromatic N) is 2. The van der Waals surface area contributed by atoms with E-state index < -0.39 is 5.51 Å². The molecule has 1 aromatic heterocycles. The van der Waals surface area contributed by atoms with Crippen molar-refractivity contribution in [2.45, 2.75) is 36.8 Å². The molecule has 0 bridgehead atoms. The predicted molar refractivity (Wildman–Crippen MR) is 78.3 cm³/mol. The summed E-state index contributed by atoms with van der Waals surface area (Å²) in [6, 6.07) is 6.65. The van der Waals surface area contributed by atoms with Crippen molar-refractivity contribution in [1.82, 2.24) is 9.78 Å². The molecule has 3 nitrogen and oxygen atoms in total. The molecule has 21 heavy (non-hydrogen) atoms. The molecule has 1 aromatic carbocycles. The summed E-state index contributed by atoms with van der Waals surface area (Å²) in [5.41, 5.74) is -2.90. The molecule has 0 saturated heterocycles. The third kappa shape index (κ3) is 4.70. The second-order valence-electron chi connectivity index (χ2n) is 4.82. The number of rotatable bonds is 5. The molecule has 0 atom stereocenters. The van der Waals surface area contributed by atoms with Crippen molar-refractivity contribution in [2.24, 2.45) is 0 Å². The van der Waals surface area contributed by atoms with Gasteiger partial charge < -0.3 is 5.32 Å². The minimum atomic E-state index is -4.29. The van der Waals surface area contributed by atoms with Crippen molar-refractivity contribution in [3.63, 3.8) is 0 Å². The summed E-state index contributed by atoms with van der Waals surface area (Å²) in [4.78, 5) is 0.168. The number of benzene rings is 1. The fraction of sp³-hybridized carbons (Fsp3) is 0.357. The molecule has 0 fully saturated rings. The Balaban J connectivity index is 2.05. The maximum atomic E-state index is 12.5. The molecule has 0 aliphatic heterocycles. The Hall–Kier alpha value is -1.63. The van der Waals surface area contributed by atoms with Crippen LogP contribution < -0.4 is 5.32 Å². The molecule has 0 aliphatic carbocycles. The van der Waals surface area contributed by atoms with Crippen LogP contribution in [0.5, 0.6) is 0 Å². The van der Waals surface area contributed by atoms with Gasteiger partial charge in [0.25, 0.3) is 0 Å². The van der Waals surface area contributed by atoms with E-state index in [0.29, 0.717) is 12.2 Å². The zero-order chi connectivity index (χ0) is 15.5. The van der Waals surface area contributed by atoms with Crippen LogP contribution in [0.15, 0.2) is 41.6 Å². The fourth-order valence-electron chi connectivity index (χ4n) is 1.77. The van der Waals surface area contributed by atoms with Crippen molar-refractivity contribution >= 4 is 17.4 Å². The van der Waals surface area contributed by atoms with Crippen molar-refractivity contribution < 1.29 is 13.2 Å². The molecular weight excluding hydrogens is 299 g/mol. The van der Waals surface area contributed by atoms with Crippen LogP contribution in [-0.4, -0.2) is 15.3 Å². The van der Waals surface area contributed by atoms with Crippen LogP contribution in [0.1, 0.15) is 25.5 Å². The molecule has 0 saturated carbocycles. The summed E-state index contributed by atoms with van der Waals surface area (Å²) < 4.78 is 39.3. The van der Waals surface area contributed by atoms with Crippen LogP contribution >= 0.6 is 11.8 Å². The number of para-hydroxylation sites is 1. The van der Waals surface area contributed by atoms with Crippen molar-refractivity contribution in [2.75, 3.05) is 5.32 Å². The lowest BCUT2D eigenvalue weighted by Gasteiger charge is -2.12. The largest absolute Gasteiger partial charge is 0.446 e. The number of hydrogen-bond donors (Lipinski definition) is 1. The first kappa shape index (κ1) is 15.8. The molecule has 7 heteroatoms. The van der Waals surface area contributed by atoms with Gasteiger partial charge in [0.15, 0.2) is 0 Å². The van der Waals surface area contributed by atoms with Crippen LogP contribution in [0.3, 0.4) is 0 Å². The average molecular weight is 315 g/mol. The molecule has 0 unspecified atom stereocenters. The van der Waals surface area contributed by atoms with Gasteiger partial charge in [0.1, 0.15) is 0 Å². The van der Waals surface area contributed by atoms with Gasteiger partial charge in [-0.2, -0.15) is 18.3 Å². The fourth-order valence-corrected chi connectivity index (χ4v) is 2.42. The average Bonchev–Trinajstić information content (AvgIpc) is 2.85. The number of aromatic nitrogens is 2. The van der Waals surface area contributed by atoms with Gasteiger partial charge in [-0.1, -0.05) is 12.1 Å². The zero-order valence-corrected chi connectivity index (χ0v) is 12.5. The molecule has 2 aromatic rings. The molecule has 114 valence electrons. The van der Waals surface area contributed by atoms with Gasteiger partial charge in [0.05, 0.1) is 6.20 Å². The first-order valence-electron chi connectivity index (χ1n) is 6.47. The lowest BCUT2D eigenvalue weighted by molar-refractivity contribution is -0.0327. The maximum Gasteiger partial charge on any atom is 0.446 e. The number of alkyl halides is 3. The Labute approximate surface area is 125 Å². The van der Waals surface area contributed by atoms with Gasteiger partial charge >= 0.3 is 5.51 Å². The Bertz CT molecular complexity index is 593. The smallest absolute Gasteiger partial charge is 0.380 e. The van der Waals surface area contributed by atoms with Gasteiger partial charge in [-0.25, -0.2) is 0 Å². The quantitative estimate of drug-likeness (QED) is 0.812. The first-order chi connectivity index (χ1) is 9.85. The maximum absolute atomic E-state index is 12.5. The van der Waals surface area contributed by atoms with E-state index >= 15 is 0 Å². The highest BCUT2D eigenvalue weighted by molar-refractivity contribution is 8.00. The minimum absolute atomic E-state index is 0.111. The lowest BCUT2D eigenvalue weighted by Crippen LogP contribution is -2.04. The van der Waals surface area contributed by atoms with E-state index in [1.807, 2.05) is 24.7 Å². The highest BCUT2D eigenvalue weighted by Crippen LogP contribution is 2.40. The van der Waals surface area contributed by atoms with E-state index in [1.165, 1.54) is 6.07 Å². The minimum Gasteiger partial charge on any atom is -0.380 e. The summed E-state index contributed by atoms with van der Waals surface area (Å²) in [7, 11) is 0. The second-order valence-corrected chi connectivity index (χ2v) is 5.93. The SMILES string of the molecule is CC(C)n1cc(CNc2ccccc2SC(F)(F)F)cn1. The number of thioether (sulfide) groups is 1. The van der Waals surface area contributed by atoms with Gasteiger partial charge in [-0.3, -0.25) is 4.68 Å². The second kappa shape index (κ2) is 6.43.